The first-order chi connectivity index (χ1) is 10.1. The van der Waals surface area contributed by atoms with Crippen LogP contribution in [0.5, 0.6) is 0 Å². The number of thioether (sulfide) groups is 1. The van der Waals surface area contributed by atoms with Crippen LogP contribution in [0.2, 0.25) is 5.02 Å². The van der Waals surface area contributed by atoms with Gasteiger partial charge in [0.15, 0.2) is 5.13 Å². The van der Waals surface area contributed by atoms with Crippen molar-refractivity contribution in [1.82, 2.24) is 4.98 Å². The summed E-state index contributed by atoms with van der Waals surface area (Å²) in [7, 11) is 0. The number of thiazole rings is 1. The van der Waals surface area contributed by atoms with Crippen molar-refractivity contribution in [1.29, 1.82) is 0 Å². The minimum absolute atomic E-state index is 0.163. The van der Waals surface area contributed by atoms with Crippen LogP contribution in [0.1, 0.15) is 0 Å². The molecule has 2 aromatic rings. The van der Waals surface area contributed by atoms with Gasteiger partial charge in [-0.05, 0) is 24.3 Å². The van der Waals surface area contributed by atoms with E-state index in [2.05, 4.69) is 15.6 Å². The van der Waals surface area contributed by atoms with Crippen molar-refractivity contribution in [2.75, 3.05) is 22.1 Å². The average molecular weight is 342 g/mol. The second-order valence-corrected chi connectivity index (χ2v) is 6.25. The van der Waals surface area contributed by atoms with Gasteiger partial charge in [-0.25, -0.2) is 4.98 Å². The molecule has 1 aromatic heterocycles. The van der Waals surface area contributed by atoms with Gasteiger partial charge in [-0.1, -0.05) is 11.6 Å². The Morgan fingerprint density at radius 2 is 1.81 bits per heavy atom. The first kappa shape index (κ1) is 15.8. The molecule has 0 spiro atoms. The summed E-state index contributed by atoms with van der Waals surface area (Å²) in [6, 6.07) is 6.84. The summed E-state index contributed by atoms with van der Waals surface area (Å²) in [5, 5.41) is 8.33. The summed E-state index contributed by atoms with van der Waals surface area (Å²) in [5.41, 5.74) is 0.678. The lowest BCUT2D eigenvalue weighted by molar-refractivity contribution is -0.114. The number of hydrogen-bond donors (Lipinski definition) is 2. The van der Waals surface area contributed by atoms with Gasteiger partial charge < -0.3 is 10.6 Å². The van der Waals surface area contributed by atoms with Crippen LogP contribution in [0.3, 0.4) is 0 Å². The standard InChI is InChI=1S/C13H12ClN3O2S2/c14-9-1-3-10(4-2-9)16-11(18)7-20-8-12(19)17-13-15-5-6-21-13/h1-6H,7-8H2,(H,16,18)(H,15,17,19). The number of carbonyl (C=O) groups excluding carboxylic acids is 2. The SMILES string of the molecule is O=C(CSCC(=O)Nc1nccs1)Nc1ccc(Cl)cc1. The zero-order valence-corrected chi connectivity index (χ0v) is 13.2. The first-order valence-corrected chi connectivity index (χ1v) is 8.37. The van der Waals surface area contributed by atoms with Gasteiger partial charge in [0.25, 0.3) is 0 Å². The number of rotatable bonds is 6. The molecule has 2 amide bonds. The number of aromatic nitrogens is 1. The number of anilines is 2. The van der Waals surface area contributed by atoms with Gasteiger partial charge in [-0.2, -0.15) is 0 Å². The predicted molar refractivity (Wildman–Crippen MR) is 88.2 cm³/mol. The molecule has 0 atom stereocenters. The van der Waals surface area contributed by atoms with E-state index in [9.17, 15) is 9.59 Å². The lowest BCUT2D eigenvalue weighted by atomic mass is 10.3. The van der Waals surface area contributed by atoms with Crippen molar-refractivity contribution in [3.05, 3.63) is 40.9 Å². The van der Waals surface area contributed by atoms with Crippen LogP contribution < -0.4 is 10.6 Å². The maximum absolute atomic E-state index is 11.7. The van der Waals surface area contributed by atoms with E-state index in [0.717, 1.165) is 0 Å². The molecule has 2 N–H and O–H groups in total. The molecule has 0 bridgehead atoms. The fraction of sp³-hybridized carbons (Fsp3) is 0.154. The summed E-state index contributed by atoms with van der Waals surface area (Å²) in [6.45, 7) is 0. The second-order valence-electron chi connectivity index (χ2n) is 3.93. The van der Waals surface area contributed by atoms with E-state index in [1.807, 2.05) is 0 Å². The Morgan fingerprint density at radius 1 is 1.14 bits per heavy atom. The molecule has 0 unspecified atom stereocenters. The molecule has 1 heterocycles. The monoisotopic (exact) mass is 341 g/mol. The quantitative estimate of drug-likeness (QED) is 0.847. The van der Waals surface area contributed by atoms with E-state index in [1.54, 1.807) is 35.8 Å². The van der Waals surface area contributed by atoms with Gasteiger partial charge in [0.05, 0.1) is 11.5 Å². The van der Waals surface area contributed by atoms with Gasteiger partial charge in [0.2, 0.25) is 11.8 Å². The molecule has 0 aliphatic heterocycles. The van der Waals surface area contributed by atoms with E-state index in [-0.39, 0.29) is 23.3 Å². The van der Waals surface area contributed by atoms with Crippen molar-refractivity contribution in [2.24, 2.45) is 0 Å². The van der Waals surface area contributed by atoms with Crippen LogP contribution >= 0.6 is 34.7 Å². The minimum Gasteiger partial charge on any atom is -0.325 e. The van der Waals surface area contributed by atoms with Crippen molar-refractivity contribution in [3.8, 4) is 0 Å². The Kier molecular flexibility index (Phi) is 6.04. The van der Waals surface area contributed by atoms with Crippen LogP contribution in [0, 0.1) is 0 Å². The molecule has 5 nitrogen and oxygen atoms in total. The highest BCUT2D eigenvalue weighted by Gasteiger charge is 2.07. The van der Waals surface area contributed by atoms with Gasteiger partial charge in [0.1, 0.15) is 0 Å². The molecule has 0 aliphatic rings. The van der Waals surface area contributed by atoms with Crippen LogP contribution in [-0.4, -0.2) is 28.3 Å². The number of hydrogen-bond acceptors (Lipinski definition) is 5. The zero-order valence-electron chi connectivity index (χ0n) is 10.8. The molecule has 0 radical (unpaired) electrons. The Bertz CT molecular complexity index is 602. The highest BCUT2D eigenvalue weighted by atomic mass is 35.5. The number of benzene rings is 1. The zero-order chi connectivity index (χ0) is 15.1. The maximum atomic E-state index is 11.7. The largest absolute Gasteiger partial charge is 0.325 e. The number of carbonyl (C=O) groups is 2. The summed E-state index contributed by atoms with van der Waals surface area (Å²) in [4.78, 5) is 27.2. The van der Waals surface area contributed by atoms with E-state index in [4.69, 9.17) is 11.6 Å². The van der Waals surface area contributed by atoms with Crippen LogP contribution in [-0.2, 0) is 9.59 Å². The first-order valence-electron chi connectivity index (χ1n) is 5.96. The molecule has 0 aliphatic carbocycles. The topological polar surface area (TPSA) is 71.1 Å². The Hall–Kier alpha value is -1.57. The molecule has 21 heavy (non-hydrogen) atoms. The molecule has 0 saturated carbocycles. The van der Waals surface area contributed by atoms with Crippen molar-refractivity contribution in [2.45, 2.75) is 0 Å². The van der Waals surface area contributed by atoms with Gasteiger partial charge >= 0.3 is 0 Å². The molecular weight excluding hydrogens is 330 g/mol. The number of halogens is 1. The average Bonchev–Trinajstić information content (AvgIpc) is 2.94. The molecule has 110 valence electrons. The molecular formula is C13H12ClN3O2S2. The molecule has 0 fully saturated rings. The van der Waals surface area contributed by atoms with Crippen molar-refractivity contribution >= 4 is 57.3 Å². The normalized spacial score (nSPS) is 10.1. The van der Waals surface area contributed by atoms with Crippen LogP contribution in [0.25, 0.3) is 0 Å². The third-order valence-electron chi connectivity index (χ3n) is 2.27. The molecule has 8 heteroatoms. The third kappa shape index (κ3) is 5.74. The predicted octanol–water partition coefficient (Wildman–Crippen LogP) is 3.11. The fourth-order valence-electron chi connectivity index (χ4n) is 1.41. The van der Waals surface area contributed by atoms with Gasteiger partial charge in [0, 0.05) is 22.3 Å². The number of amides is 2. The summed E-state index contributed by atoms with van der Waals surface area (Å²) >= 11 is 8.35. The second kappa shape index (κ2) is 8.02. The minimum atomic E-state index is -0.172. The van der Waals surface area contributed by atoms with E-state index in [0.29, 0.717) is 15.8 Å². The lowest BCUT2D eigenvalue weighted by Gasteiger charge is -2.05. The highest BCUT2D eigenvalue weighted by molar-refractivity contribution is 8.00. The molecule has 1 aromatic carbocycles. The number of nitrogens with one attached hydrogen (secondary N) is 2. The Labute approximate surface area is 135 Å². The highest BCUT2D eigenvalue weighted by Crippen LogP contribution is 2.14. The Balaban J connectivity index is 1.67. The molecule has 2 rings (SSSR count). The lowest BCUT2D eigenvalue weighted by Crippen LogP contribution is -2.18. The van der Waals surface area contributed by atoms with Gasteiger partial charge in [-0.15, -0.1) is 23.1 Å². The summed E-state index contributed by atoms with van der Waals surface area (Å²) < 4.78 is 0. The van der Waals surface area contributed by atoms with E-state index < -0.39 is 0 Å². The third-order valence-corrected chi connectivity index (χ3v) is 4.15. The van der Waals surface area contributed by atoms with Crippen molar-refractivity contribution in [3.63, 3.8) is 0 Å². The maximum Gasteiger partial charge on any atom is 0.236 e. The fourth-order valence-corrected chi connectivity index (χ4v) is 2.70. The van der Waals surface area contributed by atoms with Gasteiger partial charge in [-0.3, -0.25) is 9.59 Å². The van der Waals surface area contributed by atoms with E-state index in [1.165, 1.54) is 23.1 Å². The Morgan fingerprint density at radius 3 is 2.43 bits per heavy atom. The smallest absolute Gasteiger partial charge is 0.236 e. The molecule has 0 saturated heterocycles. The number of nitrogens with zero attached hydrogens (tertiary/aromatic N) is 1. The van der Waals surface area contributed by atoms with E-state index >= 15 is 0 Å². The summed E-state index contributed by atoms with van der Waals surface area (Å²) in [5.74, 6) is 0.0697. The summed E-state index contributed by atoms with van der Waals surface area (Å²) in [6.07, 6.45) is 1.62. The van der Waals surface area contributed by atoms with Crippen LogP contribution in [0.15, 0.2) is 35.8 Å². The van der Waals surface area contributed by atoms with Crippen molar-refractivity contribution < 1.29 is 9.59 Å². The van der Waals surface area contributed by atoms with Crippen LogP contribution in [0.4, 0.5) is 10.8 Å².